The van der Waals surface area contributed by atoms with Gasteiger partial charge < -0.3 is 9.88 Å². The third-order valence-electron chi connectivity index (χ3n) is 4.61. The first-order valence-electron chi connectivity index (χ1n) is 8.96. The first kappa shape index (κ1) is 18.3. The minimum atomic E-state index is -0.190. The first-order valence-corrected chi connectivity index (χ1v) is 9.34. The fourth-order valence-corrected chi connectivity index (χ4v) is 3.45. The molecule has 3 aromatic heterocycles. The summed E-state index contributed by atoms with van der Waals surface area (Å²) in [4.78, 5) is 17.3. The van der Waals surface area contributed by atoms with Gasteiger partial charge in [0.2, 0.25) is 5.91 Å². The zero-order valence-corrected chi connectivity index (χ0v) is 16.7. The summed E-state index contributed by atoms with van der Waals surface area (Å²) in [5.41, 5.74) is 4.27. The molecule has 3 heterocycles. The summed E-state index contributed by atoms with van der Waals surface area (Å²) in [5.74, 6) is 0.570. The van der Waals surface area contributed by atoms with E-state index in [0.717, 1.165) is 28.0 Å². The lowest BCUT2D eigenvalue weighted by Gasteiger charge is -2.08. The minimum Gasteiger partial charge on any atom is -0.324 e. The van der Waals surface area contributed by atoms with Gasteiger partial charge in [-0.05, 0) is 62.2 Å². The number of aromatic nitrogens is 4. The molecular formula is C21H20ClN5O. The van der Waals surface area contributed by atoms with E-state index in [1.165, 1.54) is 0 Å². The van der Waals surface area contributed by atoms with E-state index in [2.05, 4.69) is 15.4 Å². The second kappa shape index (κ2) is 7.13. The molecule has 0 atom stereocenters. The lowest BCUT2D eigenvalue weighted by atomic mass is 10.2. The van der Waals surface area contributed by atoms with Gasteiger partial charge in [0.1, 0.15) is 6.54 Å². The average molecular weight is 394 g/mol. The maximum absolute atomic E-state index is 12.6. The number of nitrogens with zero attached hydrogens (tertiary/aromatic N) is 4. The Morgan fingerprint density at radius 2 is 1.86 bits per heavy atom. The highest BCUT2D eigenvalue weighted by atomic mass is 35.5. The molecule has 4 rings (SSSR count). The van der Waals surface area contributed by atoms with Crippen LogP contribution in [-0.4, -0.2) is 25.2 Å². The molecule has 1 amide bonds. The molecule has 7 heteroatoms. The quantitative estimate of drug-likeness (QED) is 0.557. The second-order valence-electron chi connectivity index (χ2n) is 6.86. The number of nitrogens with one attached hydrogen (secondary N) is 1. The van der Waals surface area contributed by atoms with E-state index in [0.29, 0.717) is 16.4 Å². The summed E-state index contributed by atoms with van der Waals surface area (Å²) in [6.07, 6.45) is 3.86. The van der Waals surface area contributed by atoms with Crippen molar-refractivity contribution in [3.05, 3.63) is 70.6 Å². The molecule has 1 N–H and O–H groups in total. The molecule has 0 saturated heterocycles. The Morgan fingerprint density at radius 1 is 1.11 bits per heavy atom. The predicted octanol–water partition coefficient (Wildman–Crippen LogP) is 4.44. The molecular weight excluding hydrogens is 374 g/mol. The molecule has 0 aliphatic rings. The van der Waals surface area contributed by atoms with Crippen molar-refractivity contribution >= 4 is 34.2 Å². The molecule has 0 fully saturated rings. The van der Waals surface area contributed by atoms with Gasteiger partial charge >= 0.3 is 0 Å². The number of halogens is 1. The van der Waals surface area contributed by atoms with Gasteiger partial charge in [0.05, 0.1) is 5.39 Å². The van der Waals surface area contributed by atoms with Gasteiger partial charge in [-0.3, -0.25) is 4.79 Å². The summed E-state index contributed by atoms with van der Waals surface area (Å²) < 4.78 is 3.58. The number of benzene rings is 1. The topological polar surface area (TPSA) is 64.7 Å². The highest BCUT2D eigenvalue weighted by molar-refractivity contribution is 6.31. The number of anilines is 1. The molecule has 1 aromatic carbocycles. The Labute approximate surface area is 167 Å². The molecule has 0 aliphatic heterocycles. The number of aryl methyl sites for hydroxylation is 3. The van der Waals surface area contributed by atoms with Crippen LogP contribution in [0.1, 0.15) is 16.8 Å². The van der Waals surface area contributed by atoms with Crippen LogP contribution in [-0.2, 0) is 11.3 Å². The smallest absolute Gasteiger partial charge is 0.246 e. The van der Waals surface area contributed by atoms with Crippen LogP contribution in [0.2, 0.25) is 5.02 Å². The largest absolute Gasteiger partial charge is 0.324 e. The van der Waals surface area contributed by atoms with Gasteiger partial charge in [-0.1, -0.05) is 17.7 Å². The van der Waals surface area contributed by atoms with Gasteiger partial charge in [-0.25, -0.2) is 9.67 Å². The number of pyridine rings is 1. The summed E-state index contributed by atoms with van der Waals surface area (Å²) >= 11 is 6.15. The molecule has 4 aromatic rings. The Bertz CT molecular complexity index is 1180. The van der Waals surface area contributed by atoms with E-state index in [1.807, 2.05) is 68.1 Å². The number of carbonyl (C=O) groups excluding carboxylic acids is 1. The van der Waals surface area contributed by atoms with E-state index in [1.54, 1.807) is 10.7 Å². The predicted molar refractivity (Wildman–Crippen MR) is 111 cm³/mol. The van der Waals surface area contributed by atoms with Gasteiger partial charge in [-0.2, -0.15) is 5.10 Å². The van der Waals surface area contributed by atoms with Crippen LogP contribution in [0.3, 0.4) is 0 Å². The fraction of sp³-hybridized carbons (Fsp3) is 0.190. The first-order chi connectivity index (χ1) is 13.4. The number of carbonyl (C=O) groups is 1. The Morgan fingerprint density at radius 3 is 2.57 bits per heavy atom. The molecule has 0 unspecified atom stereocenters. The van der Waals surface area contributed by atoms with E-state index in [4.69, 9.17) is 11.6 Å². The number of hydrogen-bond donors (Lipinski definition) is 1. The standard InChI is InChI=1S/C21H20ClN5O/c1-13-6-7-16(11-17(13)22)24-18(28)12-27-20-19(14(2)10-15(3)23-20)21(25-27)26-8-4-5-9-26/h4-11H,12H2,1-3H3,(H,24,28). The van der Waals surface area contributed by atoms with Crippen LogP contribution in [0.4, 0.5) is 5.69 Å². The third kappa shape index (κ3) is 3.39. The summed E-state index contributed by atoms with van der Waals surface area (Å²) in [6, 6.07) is 11.4. The maximum Gasteiger partial charge on any atom is 0.246 e. The van der Waals surface area contributed by atoms with Crippen LogP contribution < -0.4 is 5.32 Å². The monoisotopic (exact) mass is 393 g/mol. The van der Waals surface area contributed by atoms with Gasteiger partial charge in [0.15, 0.2) is 11.5 Å². The SMILES string of the molecule is Cc1cc(C)c2c(-n3cccc3)nn(CC(=O)Nc3ccc(C)c(Cl)c3)c2n1. The average Bonchev–Trinajstić information content (AvgIpc) is 3.27. The van der Waals surface area contributed by atoms with Gasteiger partial charge in [0, 0.05) is 28.8 Å². The van der Waals surface area contributed by atoms with E-state index < -0.39 is 0 Å². The molecule has 28 heavy (non-hydrogen) atoms. The second-order valence-corrected chi connectivity index (χ2v) is 7.27. The number of hydrogen-bond acceptors (Lipinski definition) is 3. The Hall–Kier alpha value is -3.12. The van der Waals surface area contributed by atoms with Crippen molar-refractivity contribution in [2.45, 2.75) is 27.3 Å². The van der Waals surface area contributed by atoms with Crippen LogP contribution >= 0.6 is 11.6 Å². The maximum atomic E-state index is 12.6. The lowest BCUT2D eigenvalue weighted by Crippen LogP contribution is -2.20. The normalized spacial score (nSPS) is 11.1. The molecule has 0 bridgehead atoms. The van der Waals surface area contributed by atoms with E-state index in [-0.39, 0.29) is 12.5 Å². The van der Waals surface area contributed by atoms with Crippen molar-refractivity contribution < 1.29 is 4.79 Å². The number of rotatable bonds is 4. The van der Waals surface area contributed by atoms with Crippen molar-refractivity contribution in [2.75, 3.05) is 5.32 Å². The number of amides is 1. The zero-order valence-electron chi connectivity index (χ0n) is 15.9. The van der Waals surface area contributed by atoms with Crippen LogP contribution in [0.15, 0.2) is 48.8 Å². The highest BCUT2D eigenvalue weighted by Gasteiger charge is 2.18. The van der Waals surface area contributed by atoms with Gasteiger partial charge in [-0.15, -0.1) is 0 Å². The lowest BCUT2D eigenvalue weighted by molar-refractivity contribution is -0.116. The third-order valence-corrected chi connectivity index (χ3v) is 5.01. The molecule has 0 spiro atoms. The molecule has 0 saturated carbocycles. The Kier molecular flexibility index (Phi) is 4.65. The summed E-state index contributed by atoms with van der Waals surface area (Å²) in [7, 11) is 0. The molecule has 0 aliphatic carbocycles. The van der Waals surface area contributed by atoms with Gasteiger partial charge in [0.25, 0.3) is 0 Å². The zero-order chi connectivity index (χ0) is 19.8. The summed E-state index contributed by atoms with van der Waals surface area (Å²) in [5, 5.41) is 9.11. The van der Waals surface area contributed by atoms with Crippen molar-refractivity contribution in [2.24, 2.45) is 0 Å². The summed E-state index contributed by atoms with van der Waals surface area (Å²) in [6.45, 7) is 5.94. The molecule has 0 radical (unpaired) electrons. The number of fused-ring (bicyclic) bond motifs is 1. The van der Waals surface area contributed by atoms with Crippen molar-refractivity contribution in [1.29, 1.82) is 0 Å². The highest BCUT2D eigenvalue weighted by Crippen LogP contribution is 2.25. The minimum absolute atomic E-state index is 0.0547. The van der Waals surface area contributed by atoms with Crippen molar-refractivity contribution in [1.82, 2.24) is 19.3 Å². The van der Waals surface area contributed by atoms with Crippen molar-refractivity contribution in [3.63, 3.8) is 0 Å². The molecule has 142 valence electrons. The van der Waals surface area contributed by atoms with Crippen LogP contribution in [0.5, 0.6) is 0 Å². The van der Waals surface area contributed by atoms with Crippen LogP contribution in [0.25, 0.3) is 16.9 Å². The van der Waals surface area contributed by atoms with E-state index >= 15 is 0 Å². The van der Waals surface area contributed by atoms with Crippen LogP contribution in [0, 0.1) is 20.8 Å². The fourth-order valence-electron chi connectivity index (χ4n) is 3.27. The van der Waals surface area contributed by atoms with E-state index in [9.17, 15) is 4.79 Å². The van der Waals surface area contributed by atoms with Crippen molar-refractivity contribution in [3.8, 4) is 5.82 Å². The Balaban J connectivity index is 1.70. The molecule has 6 nitrogen and oxygen atoms in total.